The Morgan fingerprint density at radius 2 is 2.24 bits per heavy atom. The van der Waals surface area contributed by atoms with E-state index in [1.807, 2.05) is 24.8 Å². The van der Waals surface area contributed by atoms with E-state index in [0.29, 0.717) is 6.04 Å². The SMILES string of the molecule is c1cncc(-n2cncc2C2CCCCN2)c1. The summed E-state index contributed by atoms with van der Waals surface area (Å²) in [7, 11) is 0. The molecular formula is C13H16N4. The van der Waals surface area contributed by atoms with Crippen LogP contribution in [0.25, 0.3) is 5.69 Å². The molecule has 0 saturated carbocycles. The number of imidazole rings is 1. The molecule has 0 spiro atoms. The number of hydrogen-bond donors (Lipinski definition) is 1. The fraction of sp³-hybridized carbons (Fsp3) is 0.385. The van der Waals surface area contributed by atoms with Crippen molar-refractivity contribution in [2.24, 2.45) is 0 Å². The normalized spacial score (nSPS) is 20.4. The van der Waals surface area contributed by atoms with E-state index in [1.165, 1.54) is 25.0 Å². The molecule has 4 heteroatoms. The van der Waals surface area contributed by atoms with Gasteiger partial charge in [-0.1, -0.05) is 6.42 Å². The molecule has 1 N–H and O–H groups in total. The Morgan fingerprint density at radius 1 is 1.24 bits per heavy atom. The van der Waals surface area contributed by atoms with Gasteiger partial charge in [0, 0.05) is 12.2 Å². The molecule has 0 amide bonds. The standard InChI is InChI=1S/C13H16N4/c1-2-7-16-12(5-1)13-9-15-10-17(13)11-4-3-6-14-8-11/h3-4,6,8-10,12,16H,1-2,5,7H2. The van der Waals surface area contributed by atoms with Crippen LogP contribution >= 0.6 is 0 Å². The number of aromatic nitrogens is 3. The van der Waals surface area contributed by atoms with Crippen LogP contribution in [0.4, 0.5) is 0 Å². The highest BCUT2D eigenvalue weighted by atomic mass is 15.1. The van der Waals surface area contributed by atoms with Crippen molar-refractivity contribution in [3.05, 3.63) is 42.7 Å². The van der Waals surface area contributed by atoms with E-state index in [4.69, 9.17) is 0 Å². The minimum atomic E-state index is 0.423. The Bertz CT molecular complexity index is 471. The summed E-state index contributed by atoms with van der Waals surface area (Å²) in [5, 5.41) is 3.55. The Labute approximate surface area is 101 Å². The molecule has 1 atom stereocenters. The highest BCUT2D eigenvalue weighted by molar-refractivity contribution is 5.31. The van der Waals surface area contributed by atoms with Crippen molar-refractivity contribution in [3.63, 3.8) is 0 Å². The third-order valence-corrected chi connectivity index (χ3v) is 3.26. The Hall–Kier alpha value is -1.68. The zero-order valence-corrected chi connectivity index (χ0v) is 9.71. The van der Waals surface area contributed by atoms with Gasteiger partial charge in [-0.15, -0.1) is 0 Å². The van der Waals surface area contributed by atoms with Crippen LogP contribution in [0.3, 0.4) is 0 Å². The number of pyridine rings is 1. The second kappa shape index (κ2) is 4.67. The van der Waals surface area contributed by atoms with Crippen LogP contribution in [0.1, 0.15) is 31.0 Å². The van der Waals surface area contributed by atoms with Crippen molar-refractivity contribution in [1.29, 1.82) is 0 Å². The first-order valence-corrected chi connectivity index (χ1v) is 6.11. The summed E-state index contributed by atoms with van der Waals surface area (Å²) >= 11 is 0. The maximum Gasteiger partial charge on any atom is 0.0995 e. The van der Waals surface area contributed by atoms with Crippen LogP contribution < -0.4 is 5.32 Å². The molecule has 1 saturated heterocycles. The van der Waals surface area contributed by atoms with Crippen LogP contribution in [0.2, 0.25) is 0 Å². The molecule has 1 aliphatic heterocycles. The van der Waals surface area contributed by atoms with E-state index in [-0.39, 0.29) is 0 Å². The van der Waals surface area contributed by atoms with Crippen LogP contribution in [0.15, 0.2) is 37.1 Å². The molecule has 0 radical (unpaired) electrons. The van der Waals surface area contributed by atoms with E-state index in [1.54, 1.807) is 6.20 Å². The average Bonchev–Trinajstić information content (AvgIpc) is 2.90. The number of nitrogens with one attached hydrogen (secondary N) is 1. The van der Waals surface area contributed by atoms with Crippen LogP contribution in [0.5, 0.6) is 0 Å². The molecule has 0 aliphatic carbocycles. The first-order chi connectivity index (χ1) is 8.45. The average molecular weight is 228 g/mol. The van der Waals surface area contributed by atoms with Gasteiger partial charge < -0.3 is 9.88 Å². The molecule has 1 unspecified atom stereocenters. The quantitative estimate of drug-likeness (QED) is 0.855. The topological polar surface area (TPSA) is 42.7 Å². The molecular weight excluding hydrogens is 212 g/mol. The third kappa shape index (κ3) is 2.08. The number of hydrogen-bond acceptors (Lipinski definition) is 3. The van der Waals surface area contributed by atoms with E-state index in [0.717, 1.165) is 12.2 Å². The highest BCUT2D eigenvalue weighted by Crippen LogP contribution is 2.24. The van der Waals surface area contributed by atoms with E-state index in [2.05, 4.69) is 25.9 Å². The largest absolute Gasteiger partial charge is 0.309 e. The van der Waals surface area contributed by atoms with Crippen molar-refractivity contribution < 1.29 is 0 Å². The molecule has 1 fully saturated rings. The first kappa shape index (κ1) is 10.5. The van der Waals surface area contributed by atoms with Crippen molar-refractivity contribution in [3.8, 4) is 5.69 Å². The summed E-state index contributed by atoms with van der Waals surface area (Å²) in [6.07, 6.45) is 11.2. The van der Waals surface area contributed by atoms with Crippen LogP contribution in [0, 0.1) is 0 Å². The lowest BCUT2D eigenvalue weighted by molar-refractivity contribution is 0.402. The van der Waals surface area contributed by atoms with Crippen LogP contribution in [-0.4, -0.2) is 21.1 Å². The number of piperidine rings is 1. The first-order valence-electron chi connectivity index (χ1n) is 6.11. The Balaban J connectivity index is 1.93. The predicted molar refractivity (Wildman–Crippen MR) is 66.0 cm³/mol. The lowest BCUT2D eigenvalue weighted by Gasteiger charge is -2.24. The fourth-order valence-electron chi connectivity index (χ4n) is 2.38. The molecule has 88 valence electrons. The molecule has 3 heterocycles. The monoisotopic (exact) mass is 228 g/mol. The van der Waals surface area contributed by atoms with Crippen molar-refractivity contribution >= 4 is 0 Å². The second-order valence-corrected chi connectivity index (χ2v) is 4.40. The summed E-state index contributed by atoms with van der Waals surface area (Å²) in [4.78, 5) is 8.43. The van der Waals surface area contributed by atoms with Crippen molar-refractivity contribution in [1.82, 2.24) is 19.9 Å². The van der Waals surface area contributed by atoms with Gasteiger partial charge in [0.15, 0.2) is 0 Å². The number of rotatable bonds is 2. The van der Waals surface area contributed by atoms with E-state index < -0.39 is 0 Å². The van der Waals surface area contributed by atoms with E-state index >= 15 is 0 Å². The van der Waals surface area contributed by atoms with Gasteiger partial charge in [0.1, 0.15) is 0 Å². The maximum atomic E-state index is 4.27. The molecule has 17 heavy (non-hydrogen) atoms. The number of nitrogens with zero attached hydrogens (tertiary/aromatic N) is 3. The minimum Gasteiger partial charge on any atom is -0.309 e. The molecule has 0 aromatic carbocycles. The van der Waals surface area contributed by atoms with Gasteiger partial charge in [0.25, 0.3) is 0 Å². The van der Waals surface area contributed by atoms with Gasteiger partial charge in [-0.05, 0) is 31.5 Å². The van der Waals surface area contributed by atoms with Crippen molar-refractivity contribution in [2.75, 3.05) is 6.54 Å². The minimum absolute atomic E-state index is 0.423. The van der Waals surface area contributed by atoms with Gasteiger partial charge in [-0.3, -0.25) is 4.98 Å². The maximum absolute atomic E-state index is 4.27. The zero-order valence-electron chi connectivity index (χ0n) is 9.71. The van der Waals surface area contributed by atoms with Gasteiger partial charge in [-0.2, -0.15) is 0 Å². The second-order valence-electron chi connectivity index (χ2n) is 4.40. The van der Waals surface area contributed by atoms with Gasteiger partial charge in [0.05, 0.1) is 30.1 Å². The summed E-state index contributed by atoms with van der Waals surface area (Å²) < 4.78 is 2.12. The third-order valence-electron chi connectivity index (χ3n) is 3.26. The summed E-state index contributed by atoms with van der Waals surface area (Å²) in [5.74, 6) is 0. The molecule has 2 aromatic rings. The molecule has 1 aliphatic rings. The molecule has 2 aromatic heterocycles. The fourth-order valence-corrected chi connectivity index (χ4v) is 2.38. The lowest BCUT2D eigenvalue weighted by Crippen LogP contribution is -2.28. The lowest BCUT2D eigenvalue weighted by atomic mass is 10.0. The van der Waals surface area contributed by atoms with E-state index in [9.17, 15) is 0 Å². The smallest absolute Gasteiger partial charge is 0.0995 e. The Morgan fingerprint density at radius 3 is 3.00 bits per heavy atom. The molecule has 0 bridgehead atoms. The van der Waals surface area contributed by atoms with Gasteiger partial charge in [0.2, 0.25) is 0 Å². The van der Waals surface area contributed by atoms with Crippen LogP contribution in [-0.2, 0) is 0 Å². The molecule has 3 rings (SSSR count). The highest BCUT2D eigenvalue weighted by Gasteiger charge is 2.18. The predicted octanol–water partition coefficient (Wildman–Crippen LogP) is 2.08. The van der Waals surface area contributed by atoms with Gasteiger partial charge in [-0.25, -0.2) is 4.98 Å². The Kier molecular flexibility index (Phi) is 2.88. The summed E-state index contributed by atoms with van der Waals surface area (Å²) in [5.41, 5.74) is 2.31. The summed E-state index contributed by atoms with van der Waals surface area (Å²) in [6.45, 7) is 1.10. The van der Waals surface area contributed by atoms with Gasteiger partial charge >= 0.3 is 0 Å². The van der Waals surface area contributed by atoms with Crippen molar-refractivity contribution in [2.45, 2.75) is 25.3 Å². The molecule has 4 nitrogen and oxygen atoms in total. The zero-order chi connectivity index (χ0) is 11.5. The summed E-state index contributed by atoms with van der Waals surface area (Å²) in [6, 6.07) is 4.43.